The molecule has 1 saturated carbocycles. The summed E-state index contributed by atoms with van der Waals surface area (Å²) in [5.74, 6) is -2.67. The third-order valence-corrected chi connectivity index (χ3v) is 13.3. The summed E-state index contributed by atoms with van der Waals surface area (Å²) in [7, 11) is 2.75. The van der Waals surface area contributed by atoms with Crippen LogP contribution in [0.4, 0.5) is 0 Å². The second-order valence-electron chi connectivity index (χ2n) is 14.7. The van der Waals surface area contributed by atoms with Crippen molar-refractivity contribution >= 4 is 5.97 Å². The Bertz CT molecular complexity index is 1070. The van der Waals surface area contributed by atoms with Gasteiger partial charge in [0.1, 0.15) is 22.4 Å². The van der Waals surface area contributed by atoms with E-state index >= 15 is 0 Å². The number of rotatable bonds is 8. The van der Waals surface area contributed by atoms with E-state index < -0.39 is 80.4 Å². The summed E-state index contributed by atoms with van der Waals surface area (Å²) in [6.07, 6.45) is 0.276. The molecule has 2 aliphatic heterocycles. The Morgan fingerprint density at radius 1 is 0.833 bits per heavy atom. The summed E-state index contributed by atoms with van der Waals surface area (Å²) >= 11 is 0. The Kier molecular flexibility index (Phi) is 9.96. The van der Waals surface area contributed by atoms with Gasteiger partial charge in [0.05, 0.1) is 37.9 Å². The standard InChI is InChI=1S/C30H54NO10.Ac/c1-14-20(2)25(7,19(33)38-13)41-24(6,29(11,35)28(20,10)34)18-39-30(36)15-21(3)26(30,8)22(4,16-32)40-23(5,17-37-12)27(21,9)31;/h31-32,34-36H,14-18H2,1-13H3;/q-1;. The predicted molar refractivity (Wildman–Crippen MR) is 151 cm³/mol. The molecule has 0 aromatic carbocycles. The van der Waals surface area contributed by atoms with Gasteiger partial charge in [-0.05, 0) is 53.4 Å². The van der Waals surface area contributed by atoms with E-state index in [9.17, 15) is 31.0 Å². The van der Waals surface area contributed by atoms with E-state index in [1.54, 1.807) is 41.5 Å². The van der Waals surface area contributed by atoms with Crippen molar-refractivity contribution in [3.05, 3.63) is 5.73 Å². The van der Waals surface area contributed by atoms with E-state index in [1.165, 1.54) is 41.9 Å². The largest absolute Gasteiger partial charge is 0.669 e. The molecule has 11 nitrogen and oxygen atoms in total. The summed E-state index contributed by atoms with van der Waals surface area (Å²) in [6.45, 7) is 17.4. The zero-order valence-electron chi connectivity index (χ0n) is 27.9. The van der Waals surface area contributed by atoms with E-state index in [0.29, 0.717) is 0 Å². The Labute approximate surface area is 287 Å². The molecule has 0 spiro atoms. The zero-order chi connectivity index (χ0) is 32.1. The first kappa shape index (κ1) is 38.7. The molecular weight excluding hydrogens is 761 g/mol. The molecule has 12 heteroatoms. The molecule has 3 aliphatic rings. The number of hydrogen-bond acceptors (Lipinski definition) is 10. The molecule has 2 heterocycles. The van der Waals surface area contributed by atoms with Gasteiger partial charge in [0.15, 0.2) is 11.4 Å². The minimum atomic E-state index is -1.98. The zero-order valence-corrected chi connectivity index (χ0v) is 32.6. The number of aliphatic hydroxyl groups excluding tert-OH is 1. The average molecular weight is 816 g/mol. The summed E-state index contributed by atoms with van der Waals surface area (Å²) in [5, 5.41) is 46.8. The number of esters is 1. The number of fused-ring (bicyclic) bond motifs is 1. The Balaban J connectivity index is 0.00000616. The average Bonchev–Trinajstić information content (AvgIpc) is 2.88. The molecule has 0 aromatic heterocycles. The third-order valence-electron chi connectivity index (χ3n) is 13.3. The summed E-state index contributed by atoms with van der Waals surface area (Å²) < 4.78 is 29.8. The minimum Gasteiger partial charge on any atom is -0.669 e. The molecule has 3 fully saturated rings. The fourth-order valence-electron chi connectivity index (χ4n) is 8.70. The van der Waals surface area contributed by atoms with Crippen molar-refractivity contribution in [2.75, 3.05) is 34.0 Å². The van der Waals surface area contributed by atoms with Crippen LogP contribution in [0.3, 0.4) is 0 Å². The molecule has 5 N–H and O–H groups in total. The first-order valence-corrected chi connectivity index (χ1v) is 14.4. The Morgan fingerprint density at radius 2 is 1.36 bits per heavy atom. The van der Waals surface area contributed by atoms with Crippen LogP contribution in [0.1, 0.15) is 89.0 Å². The molecule has 42 heavy (non-hydrogen) atoms. The van der Waals surface area contributed by atoms with E-state index in [1.807, 2.05) is 6.92 Å². The first-order chi connectivity index (χ1) is 18.2. The Hall–Kier alpha value is 0.552. The van der Waals surface area contributed by atoms with Gasteiger partial charge in [0.25, 0.3) is 0 Å². The first-order valence-electron chi connectivity index (χ1n) is 14.4. The van der Waals surface area contributed by atoms with Gasteiger partial charge in [-0.1, -0.05) is 40.2 Å². The number of aliphatic hydroxyl groups is 4. The van der Waals surface area contributed by atoms with Gasteiger partial charge in [-0.25, -0.2) is 4.79 Å². The van der Waals surface area contributed by atoms with Gasteiger partial charge in [-0.15, -0.1) is 0 Å². The second-order valence-corrected chi connectivity index (χ2v) is 14.7. The molecule has 0 aromatic rings. The van der Waals surface area contributed by atoms with Crippen molar-refractivity contribution < 1.29 is 93.0 Å². The fourth-order valence-corrected chi connectivity index (χ4v) is 8.70. The second kappa shape index (κ2) is 10.8. The molecule has 243 valence electrons. The van der Waals surface area contributed by atoms with Crippen LogP contribution in [-0.2, 0) is 28.5 Å². The van der Waals surface area contributed by atoms with Crippen LogP contribution in [0, 0.1) is 60.3 Å². The molecule has 1 aliphatic carbocycles. The van der Waals surface area contributed by atoms with Crippen molar-refractivity contribution in [2.24, 2.45) is 16.2 Å². The maximum absolute atomic E-state index is 13.2. The molecule has 0 bridgehead atoms. The molecule has 3 rings (SSSR count). The number of carbonyl (C=O) groups excluding carboxylic acids is 1. The molecule has 0 amide bonds. The van der Waals surface area contributed by atoms with Crippen molar-refractivity contribution in [1.29, 1.82) is 0 Å². The third kappa shape index (κ3) is 4.09. The van der Waals surface area contributed by atoms with Crippen LogP contribution >= 0.6 is 0 Å². The molecule has 1 radical (unpaired) electrons. The normalized spacial score (nSPS) is 55.7. The van der Waals surface area contributed by atoms with Crippen molar-refractivity contribution in [1.82, 2.24) is 0 Å². The van der Waals surface area contributed by atoms with Crippen molar-refractivity contribution in [3.63, 3.8) is 0 Å². The van der Waals surface area contributed by atoms with Crippen LogP contribution in [0.15, 0.2) is 0 Å². The maximum atomic E-state index is 13.2. The van der Waals surface area contributed by atoms with E-state index in [2.05, 4.69) is 0 Å². The maximum Gasteiger partial charge on any atom is 0.338 e. The molecule has 2 saturated heterocycles. The predicted octanol–water partition coefficient (Wildman–Crippen LogP) is 2.74. The van der Waals surface area contributed by atoms with Crippen LogP contribution in [0.25, 0.3) is 5.73 Å². The van der Waals surface area contributed by atoms with Gasteiger partial charge in [-0.2, -0.15) is 0 Å². The van der Waals surface area contributed by atoms with Crippen molar-refractivity contribution in [2.45, 2.75) is 134 Å². The van der Waals surface area contributed by atoms with Gasteiger partial charge >= 0.3 is 5.97 Å². The van der Waals surface area contributed by atoms with Gasteiger partial charge in [-0.3, -0.25) is 0 Å². The van der Waals surface area contributed by atoms with Crippen molar-refractivity contribution in [3.8, 4) is 0 Å². The van der Waals surface area contributed by atoms with Crippen LogP contribution in [0.2, 0.25) is 0 Å². The molecular formula is C30H54AcNO10-. The molecule has 11 unspecified atom stereocenters. The van der Waals surface area contributed by atoms with Gasteiger partial charge < -0.3 is 49.8 Å². The topological polar surface area (TPSA) is 168 Å². The van der Waals surface area contributed by atoms with Crippen LogP contribution in [0.5, 0.6) is 0 Å². The van der Waals surface area contributed by atoms with Gasteiger partial charge in [0, 0.05) is 63.0 Å². The number of ether oxygens (including phenoxy) is 5. The number of hydrogen-bond donors (Lipinski definition) is 4. The molecule has 11 atom stereocenters. The monoisotopic (exact) mass is 815 g/mol. The van der Waals surface area contributed by atoms with Gasteiger partial charge in [0.2, 0.25) is 0 Å². The smallest absolute Gasteiger partial charge is 0.338 e. The minimum absolute atomic E-state index is 0. The summed E-state index contributed by atoms with van der Waals surface area (Å²) in [6, 6.07) is 0. The number of nitrogens with one attached hydrogen (secondary N) is 1. The van der Waals surface area contributed by atoms with E-state index in [-0.39, 0.29) is 63.5 Å². The van der Waals surface area contributed by atoms with Crippen LogP contribution in [-0.4, -0.2) is 105 Å². The van der Waals surface area contributed by atoms with Crippen LogP contribution < -0.4 is 0 Å². The number of carbonyl (C=O) groups is 1. The summed E-state index contributed by atoms with van der Waals surface area (Å²) in [4.78, 5) is 13.2. The summed E-state index contributed by atoms with van der Waals surface area (Å²) in [5.41, 5.74) is -5.12. The fraction of sp³-hybridized carbons (Fsp3) is 0.967. The van der Waals surface area contributed by atoms with E-state index in [4.69, 9.17) is 23.7 Å². The number of methoxy groups -OCH3 is 2. The quantitative estimate of drug-likeness (QED) is 0.212. The Morgan fingerprint density at radius 3 is 1.79 bits per heavy atom. The van der Waals surface area contributed by atoms with E-state index in [0.717, 1.165) is 0 Å². The SMILES string of the molecule is CCC1(C)C(C)(C(=O)OC)OC(C)(COC2(O)CC3(C)C(C)([NH-])C(C)(COC)OC(C)(CO)C23C)C(C)(O)C1(C)O.[Ac].